The lowest BCUT2D eigenvalue weighted by Crippen LogP contribution is -2.48. The fourth-order valence-corrected chi connectivity index (χ4v) is 4.34. The first-order valence-electron chi connectivity index (χ1n) is 11.7. The van der Waals surface area contributed by atoms with Crippen LogP contribution in [0.1, 0.15) is 29.8 Å². The van der Waals surface area contributed by atoms with Crippen molar-refractivity contribution in [1.82, 2.24) is 19.8 Å². The molecule has 2 aromatic carbocycles. The van der Waals surface area contributed by atoms with E-state index < -0.39 is 0 Å². The molecule has 2 aromatic heterocycles. The molecule has 1 aliphatic rings. The first kappa shape index (κ1) is 23.9. The van der Waals surface area contributed by atoms with E-state index in [1.165, 1.54) is 5.56 Å². The van der Waals surface area contributed by atoms with E-state index in [0.717, 1.165) is 41.8 Å². The predicted molar refractivity (Wildman–Crippen MR) is 139 cm³/mol. The molecule has 3 heterocycles. The largest absolute Gasteiger partial charge is 0.336 e. The molecule has 5 nitrogen and oxygen atoms in total. The highest BCUT2D eigenvalue weighted by Crippen LogP contribution is 2.28. The fraction of sp³-hybridized carbons (Fsp3) is 0.250. The second kappa shape index (κ2) is 11.2. The van der Waals surface area contributed by atoms with Crippen molar-refractivity contribution in [3.8, 4) is 11.3 Å². The van der Waals surface area contributed by atoms with Crippen LogP contribution in [0, 0.1) is 0 Å². The Morgan fingerprint density at radius 3 is 2.32 bits per heavy atom. The molecule has 0 radical (unpaired) electrons. The van der Waals surface area contributed by atoms with E-state index in [0.29, 0.717) is 23.7 Å². The number of hydrogen-bond donors (Lipinski definition) is 0. The van der Waals surface area contributed by atoms with Gasteiger partial charge in [0.25, 0.3) is 5.91 Å². The standard InChI is InChI=1S/C26H23ClN4O.C2H6/c27-21-6-7-22-23(17-24(29-25(22)16-21)20-8-10-28-11-9-20)26(32)31-14-12-30(13-15-31)18-19-4-2-1-3-5-19;1-2/h1-11,16-17H,12-15,18H2;1-2H3. The minimum absolute atomic E-state index is 0.0365. The van der Waals surface area contributed by atoms with Gasteiger partial charge in [-0.1, -0.05) is 61.8 Å². The number of amides is 1. The summed E-state index contributed by atoms with van der Waals surface area (Å²) in [6, 6.07) is 21.7. The molecule has 0 bridgehead atoms. The maximum atomic E-state index is 13.6. The number of aromatic nitrogens is 2. The van der Waals surface area contributed by atoms with Crippen molar-refractivity contribution < 1.29 is 4.79 Å². The number of nitrogens with zero attached hydrogens (tertiary/aromatic N) is 4. The van der Waals surface area contributed by atoms with Crippen LogP contribution in [0.3, 0.4) is 0 Å². The highest BCUT2D eigenvalue weighted by atomic mass is 35.5. The second-order valence-electron chi connectivity index (χ2n) is 8.01. The molecule has 4 aromatic rings. The molecule has 5 rings (SSSR count). The molecule has 0 unspecified atom stereocenters. The number of piperazine rings is 1. The van der Waals surface area contributed by atoms with Crippen LogP contribution >= 0.6 is 11.6 Å². The number of halogens is 1. The number of hydrogen-bond acceptors (Lipinski definition) is 4. The van der Waals surface area contributed by atoms with Crippen molar-refractivity contribution >= 4 is 28.4 Å². The van der Waals surface area contributed by atoms with Crippen LogP contribution in [0.25, 0.3) is 22.2 Å². The third-order valence-electron chi connectivity index (χ3n) is 5.89. The van der Waals surface area contributed by atoms with Crippen LogP contribution in [-0.4, -0.2) is 51.9 Å². The summed E-state index contributed by atoms with van der Waals surface area (Å²) in [7, 11) is 0. The lowest BCUT2D eigenvalue weighted by Gasteiger charge is -2.35. The maximum absolute atomic E-state index is 13.6. The normalized spacial score (nSPS) is 13.9. The van der Waals surface area contributed by atoms with Gasteiger partial charge in [0, 0.05) is 61.1 Å². The molecular formula is C28H29ClN4O. The van der Waals surface area contributed by atoms with E-state index in [-0.39, 0.29) is 5.91 Å². The Morgan fingerprint density at radius 2 is 1.62 bits per heavy atom. The zero-order chi connectivity index (χ0) is 23.9. The summed E-state index contributed by atoms with van der Waals surface area (Å²) in [6.45, 7) is 8.02. The van der Waals surface area contributed by atoms with Gasteiger partial charge in [0.2, 0.25) is 0 Å². The van der Waals surface area contributed by atoms with Crippen LogP contribution in [0.4, 0.5) is 0 Å². The molecule has 0 spiro atoms. The second-order valence-corrected chi connectivity index (χ2v) is 8.44. The van der Waals surface area contributed by atoms with Gasteiger partial charge in [-0.25, -0.2) is 4.98 Å². The SMILES string of the molecule is CC.O=C(c1cc(-c2ccncc2)nc2cc(Cl)ccc12)N1CCN(Cc2ccccc2)CC1. The maximum Gasteiger partial charge on any atom is 0.254 e. The highest BCUT2D eigenvalue weighted by molar-refractivity contribution is 6.31. The van der Waals surface area contributed by atoms with Crippen LogP contribution in [0.15, 0.2) is 79.1 Å². The van der Waals surface area contributed by atoms with Crippen LogP contribution in [0.2, 0.25) is 5.02 Å². The summed E-state index contributed by atoms with van der Waals surface area (Å²) in [4.78, 5) is 26.8. The summed E-state index contributed by atoms with van der Waals surface area (Å²) in [5, 5.41) is 1.42. The Kier molecular flexibility index (Phi) is 7.88. The van der Waals surface area contributed by atoms with Crippen molar-refractivity contribution in [3.63, 3.8) is 0 Å². The average Bonchev–Trinajstić information content (AvgIpc) is 2.90. The molecule has 34 heavy (non-hydrogen) atoms. The highest BCUT2D eigenvalue weighted by Gasteiger charge is 2.24. The molecule has 1 amide bonds. The third kappa shape index (κ3) is 5.44. The third-order valence-corrected chi connectivity index (χ3v) is 6.12. The van der Waals surface area contributed by atoms with E-state index in [1.54, 1.807) is 12.4 Å². The number of rotatable bonds is 4. The van der Waals surface area contributed by atoms with Crippen molar-refractivity contribution in [2.75, 3.05) is 26.2 Å². The molecule has 1 saturated heterocycles. The smallest absolute Gasteiger partial charge is 0.254 e. The van der Waals surface area contributed by atoms with Gasteiger partial charge in [0.15, 0.2) is 0 Å². The molecule has 1 fully saturated rings. The van der Waals surface area contributed by atoms with Crippen LogP contribution in [-0.2, 0) is 6.54 Å². The van der Waals surface area contributed by atoms with Gasteiger partial charge < -0.3 is 4.90 Å². The zero-order valence-corrected chi connectivity index (χ0v) is 20.4. The Morgan fingerprint density at radius 1 is 0.912 bits per heavy atom. The van der Waals surface area contributed by atoms with Crippen molar-refractivity contribution in [2.45, 2.75) is 20.4 Å². The van der Waals surface area contributed by atoms with E-state index in [1.807, 2.05) is 61.2 Å². The number of carbonyl (C=O) groups excluding carboxylic acids is 1. The van der Waals surface area contributed by atoms with E-state index >= 15 is 0 Å². The van der Waals surface area contributed by atoms with Crippen molar-refractivity contribution in [2.24, 2.45) is 0 Å². The topological polar surface area (TPSA) is 49.3 Å². The number of carbonyl (C=O) groups is 1. The Balaban J connectivity index is 0.00000133. The fourth-order valence-electron chi connectivity index (χ4n) is 4.17. The molecule has 174 valence electrons. The van der Waals surface area contributed by atoms with Crippen molar-refractivity contribution in [1.29, 1.82) is 0 Å². The summed E-state index contributed by atoms with van der Waals surface area (Å²) in [5.74, 6) is 0.0365. The van der Waals surface area contributed by atoms with E-state index in [2.05, 4.69) is 34.1 Å². The van der Waals surface area contributed by atoms with Gasteiger partial charge in [0.1, 0.15) is 0 Å². The summed E-state index contributed by atoms with van der Waals surface area (Å²) in [6.07, 6.45) is 3.46. The summed E-state index contributed by atoms with van der Waals surface area (Å²) >= 11 is 6.23. The van der Waals surface area contributed by atoms with Gasteiger partial charge in [-0.2, -0.15) is 0 Å². The summed E-state index contributed by atoms with van der Waals surface area (Å²) < 4.78 is 0. The lowest BCUT2D eigenvalue weighted by molar-refractivity contribution is 0.0630. The first-order chi connectivity index (χ1) is 16.7. The van der Waals surface area contributed by atoms with E-state index in [4.69, 9.17) is 16.6 Å². The number of fused-ring (bicyclic) bond motifs is 1. The first-order valence-corrected chi connectivity index (χ1v) is 12.1. The van der Waals surface area contributed by atoms with Crippen molar-refractivity contribution in [3.05, 3.63) is 95.3 Å². The van der Waals surface area contributed by atoms with Crippen LogP contribution in [0.5, 0.6) is 0 Å². The van der Waals surface area contributed by atoms with Gasteiger partial charge in [-0.3, -0.25) is 14.7 Å². The molecule has 1 aliphatic heterocycles. The van der Waals surface area contributed by atoms with Gasteiger partial charge >= 0.3 is 0 Å². The zero-order valence-electron chi connectivity index (χ0n) is 19.6. The number of benzene rings is 2. The molecule has 6 heteroatoms. The molecule has 0 aliphatic carbocycles. The van der Waals surface area contributed by atoms with Gasteiger partial charge in [0.05, 0.1) is 16.8 Å². The minimum atomic E-state index is 0.0365. The van der Waals surface area contributed by atoms with E-state index in [9.17, 15) is 4.79 Å². The number of pyridine rings is 2. The monoisotopic (exact) mass is 472 g/mol. The average molecular weight is 473 g/mol. The van der Waals surface area contributed by atoms with Gasteiger partial charge in [-0.15, -0.1) is 0 Å². The molecule has 0 N–H and O–H groups in total. The van der Waals surface area contributed by atoms with Gasteiger partial charge in [-0.05, 0) is 35.9 Å². The Labute approximate surface area is 206 Å². The minimum Gasteiger partial charge on any atom is -0.336 e. The quantitative estimate of drug-likeness (QED) is 0.369. The van der Waals surface area contributed by atoms with Crippen LogP contribution < -0.4 is 0 Å². The molecule has 0 atom stereocenters. The Bertz CT molecular complexity index is 1240. The molecular weight excluding hydrogens is 444 g/mol. The Hall–Kier alpha value is -3.28. The molecule has 0 saturated carbocycles. The predicted octanol–water partition coefficient (Wildman–Crippen LogP) is 5.93. The summed E-state index contributed by atoms with van der Waals surface area (Å²) in [5.41, 5.74) is 4.34. The lowest BCUT2D eigenvalue weighted by atomic mass is 10.0.